The van der Waals surface area contributed by atoms with Gasteiger partial charge in [0.2, 0.25) is 5.91 Å². The molecule has 2 aliphatic heterocycles. The van der Waals surface area contributed by atoms with Crippen LogP contribution in [0, 0.1) is 5.92 Å². The molecule has 3 heterocycles. The van der Waals surface area contributed by atoms with Gasteiger partial charge in [-0.25, -0.2) is 4.98 Å². The summed E-state index contributed by atoms with van der Waals surface area (Å²) in [5.41, 5.74) is 0.747. The van der Waals surface area contributed by atoms with Gasteiger partial charge in [-0.15, -0.1) is 0 Å². The third-order valence-corrected chi connectivity index (χ3v) is 7.62. The van der Waals surface area contributed by atoms with Crippen LogP contribution in [0.4, 0.5) is 0 Å². The maximum atomic E-state index is 13.1. The van der Waals surface area contributed by atoms with E-state index in [1.54, 1.807) is 18.0 Å². The Morgan fingerprint density at radius 2 is 1.97 bits per heavy atom. The van der Waals surface area contributed by atoms with E-state index in [0.29, 0.717) is 43.5 Å². The summed E-state index contributed by atoms with van der Waals surface area (Å²) in [7, 11) is 1.70. The SMILES string of the molecule is COCCN(CC1CCCN2CCCCC12)C(=O)CCCCCn1cnc2ccccc2c1=O. The van der Waals surface area contributed by atoms with Gasteiger partial charge in [-0.2, -0.15) is 0 Å². The van der Waals surface area contributed by atoms with Gasteiger partial charge in [0.1, 0.15) is 0 Å². The largest absolute Gasteiger partial charge is 0.383 e. The molecule has 0 bridgehead atoms. The second-order valence-electron chi connectivity index (χ2n) is 9.90. The van der Waals surface area contributed by atoms with Gasteiger partial charge >= 0.3 is 0 Å². The first-order chi connectivity index (χ1) is 16.7. The topological polar surface area (TPSA) is 67.7 Å². The molecule has 0 radical (unpaired) electrons. The van der Waals surface area contributed by atoms with Gasteiger partial charge < -0.3 is 14.5 Å². The number of benzene rings is 1. The Balaban J connectivity index is 1.25. The molecular formula is C27H40N4O3. The number of carbonyl (C=O) groups is 1. The Bertz CT molecular complexity index is 989. The molecule has 1 amide bonds. The number of rotatable bonds is 11. The number of ether oxygens (including phenoxy) is 1. The molecule has 186 valence electrons. The summed E-state index contributed by atoms with van der Waals surface area (Å²) in [6.45, 7) is 5.22. The summed E-state index contributed by atoms with van der Waals surface area (Å²) in [6, 6.07) is 8.10. The number of aromatic nitrogens is 2. The van der Waals surface area contributed by atoms with Crippen molar-refractivity contribution in [3.8, 4) is 0 Å². The van der Waals surface area contributed by atoms with Crippen LogP contribution in [0.25, 0.3) is 10.9 Å². The van der Waals surface area contributed by atoms with Crippen molar-refractivity contribution in [3.63, 3.8) is 0 Å². The van der Waals surface area contributed by atoms with Crippen LogP contribution in [0.1, 0.15) is 57.8 Å². The molecule has 0 saturated carbocycles. The number of para-hydroxylation sites is 1. The van der Waals surface area contributed by atoms with Gasteiger partial charge in [-0.05, 0) is 69.7 Å². The Hall–Kier alpha value is -2.25. The first kappa shape index (κ1) is 24.9. The van der Waals surface area contributed by atoms with Crippen LogP contribution >= 0.6 is 0 Å². The highest BCUT2D eigenvalue weighted by Crippen LogP contribution is 2.31. The number of methoxy groups -OCH3 is 1. The molecule has 1 aromatic carbocycles. The monoisotopic (exact) mass is 468 g/mol. The minimum Gasteiger partial charge on any atom is -0.383 e. The van der Waals surface area contributed by atoms with Crippen LogP contribution in [0.2, 0.25) is 0 Å². The lowest BCUT2D eigenvalue weighted by molar-refractivity contribution is -0.133. The van der Waals surface area contributed by atoms with E-state index >= 15 is 0 Å². The molecule has 1 aromatic heterocycles. The van der Waals surface area contributed by atoms with Crippen molar-refractivity contribution in [3.05, 3.63) is 40.9 Å². The molecule has 7 nitrogen and oxygen atoms in total. The molecule has 2 unspecified atom stereocenters. The molecule has 0 spiro atoms. The molecule has 2 aliphatic rings. The quantitative estimate of drug-likeness (QED) is 0.471. The van der Waals surface area contributed by atoms with E-state index in [-0.39, 0.29) is 11.5 Å². The molecule has 2 saturated heterocycles. The molecule has 4 rings (SSSR count). The van der Waals surface area contributed by atoms with Crippen molar-refractivity contribution in [2.75, 3.05) is 39.9 Å². The first-order valence-electron chi connectivity index (χ1n) is 13.1. The van der Waals surface area contributed by atoms with Crippen LogP contribution in [0.15, 0.2) is 35.4 Å². The van der Waals surface area contributed by atoms with Gasteiger partial charge in [-0.3, -0.25) is 14.2 Å². The van der Waals surface area contributed by atoms with Crippen molar-refractivity contribution < 1.29 is 9.53 Å². The summed E-state index contributed by atoms with van der Waals surface area (Å²) >= 11 is 0. The van der Waals surface area contributed by atoms with Gasteiger partial charge in [0, 0.05) is 39.2 Å². The molecule has 0 aliphatic carbocycles. The summed E-state index contributed by atoms with van der Waals surface area (Å²) in [5, 5.41) is 0.660. The van der Waals surface area contributed by atoms with Crippen LogP contribution in [-0.2, 0) is 16.1 Å². The van der Waals surface area contributed by atoms with E-state index in [4.69, 9.17) is 4.74 Å². The molecule has 7 heteroatoms. The zero-order valence-electron chi connectivity index (χ0n) is 20.7. The van der Waals surface area contributed by atoms with Crippen molar-refractivity contribution in [2.45, 2.75) is 70.4 Å². The summed E-state index contributed by atoms with van der Waals surface area (Å²) in [4.78, 5) is 34.9. The van der Waals surface area contributed by atoms with E-state index in [0.717, 1.165) is 31.3 Å². The van der Waals surface area contributed by atoms with Gasteiger partial charge in [-0.1, -0.05) is 25.0 Å². The van der Waals surface area contributed by atoms with Crippen LogP contribution in [-0.4, -0.2) is 71.2 Å². The van der Waals surface area contributed by atoms with E-state index in [9.17, 15) is 9.59 Å². The van der Waals surface area contributed by atoms with Crippen LogP contribution < -0.4 is 5.56 Å². The van der Waals surface area contributed by atoms with Crippen molar-refractivity contribution in [1.82, 2.24) is 19.4 Å². The Labute approximate surface area is 203 Å². The molecule has 2 atom stereocenters. The Morgan fingerprint density at radius 1 is 1.12 bits per heavy atom. The van der Waals surface area contributed by atoms with E-state index in [1.807, 2.05) is 24.3 Å². The molecule has 2 aromatic rings. The molecule has 34 heavy (non-hydrogen) atoms. The second-order valence-corrected chi connectivity index (χ2v) is 9.90. The number of fused-ring (bicyclic) bond motifs is 2. The molecule has 2 fully saturated rings. The van der Waals surface area contributed by atoms with E-state index in [2.05, 4.69) is 14.8 Å². The summed E-state index contributed by atoms with van der Waals surface area (Å²) in [6.07, 6.45) is 11.2. The predicted octanol–water partition coefficient (Wildman–Crippen LogP) is 3.70. The second kappa shape index (κ2) is 12.5. The highest BCUT2D eigenvalue weighted by atomic mass is 16.5. The average molecular weight is 469 g/mol. The van der Waals surface area contributed by atoms with Crippen molar-refractivity contribution in [2.24, 2.45) is 5.92 Å². The number of piperidine rings is 2. The maximum Gasteiger partial charge on any atom is 0.261 e. The Kier molecular flexibility index (Phi) is 9.11. The lowest BCUT2D eigenvalue weighted by Gasteiger charge is -2.45. The van der Waals surface area contributed by atoms with Gasteiger partial charge in [0.25, 0.3) is 5.56 Å². The average Bonchev–Trinajstić information content (AvgIpc) is 2.87. The lowest BCUT2D eigenvalue weighted by Crippen LogP contribution is -2.52. The minimum absolute atomic E-state index is 0.0108. The number of hydrogen-bond donors (Lipinski definition) is 0. The number of hydrogen-bond acceptors (Lipinski definition) is 5. The highest BCUT2D eigenvalue weighted by molar-refractivity contribution is 5.77. The fraction of sp³-hybridized carbons (Fsp3) is 0.667. The minimum atomic E-state index is 0.0108. The fourth-order valence-corrected chi connectivity index (χ4v) is 5.75. The number of nitrogens with zero attached hydrogens (tertiary/aromatic N) is 4. The zero-order chi connectivity index (χ0) is 23.8. The number of aryl methyl sites for hydroxylation is 1. The van der Waals surface area contributed by atoms with Crippen LogP contribution in [0.5, 0.6) is 0 Å². The fourth-order valence-electron chi connectivity index (χ4n) is 5.75. The van der Waals surface area contributed by atoms with Crippen molar-refractivity contribution >= 4 is 16.8 Å². The highest BCUT2D eigenvalue weighted by Gasteiger charge is 2.34. The molecular weight excluding hydrogens is 428 g/mol. The summed E-state index contributed by atoms with van der Waals surface area (Å²) < 4.78 is 7.00. The Morgan fingerprint density at radius 3 is 2.85 bits per heavy atom. The normalized spacial score (nSPS) is 20.9. The smallest absolute Gasteiger partial charge is 0.261 e. The first-order valence-corrected chi connectivity index (χ1v) is 13.1. The third kappa shape index (κ3) is 6.25. The lowest BCUT2D eigenvalue weighted by atomic mass is 9.83. The predicted molar refractivity (Wildman–Crippen MR) is 135 cm³/mol. The number of amides is 1. The number of carbonyl (C=O) groups excluding carboxylic acids is 1. The van der Waals surface area contributed by atoms with E-state index < -0.39 is 0 Å². The van der Waals surface area contributed by atoms with E-state index in [1.165, 1.54) is 45.2 Å². The van der Waals surface area contributed by atoms with Gasteiger partial charge in [0.15, 0.2) is 0 Å². The standard InChI is InChI=1S/C27H40N4O3/c1-34-19-18-30(20-22-10-9-17-29-15-8-6-13-25(22)29)26(32)14-3-2-7-16-31-21-28-24-12-5-4-11-23(24)27(31)33/h4-5,11-12,21-22,25H,2-3,6-10,13-20H2,1H3. The number of unbranched alkanes of at least 4 members (excludes halogenated alkanes) is 2. The van der Waals surface area contributed by atoms with Crippen LogP contribution in [0.3, 0.4) is 0 Å². The zero-order valence-corrected chi connectivity index (χ0v) is 20.7. The maximum absolute atomic E-state index is 13.1. The third-order valence-electron chi connectivity index (χ3n) is 7.62. The van der Waals surface area contributed by atoms with Gasteiger partial charge in [0.05, 0.1) is 23.8 Å². The summed E-state index contributed by atoms with van der Waals surface area (Å²) in [5.74, 6) is 0.830. The molecule has 0 N–H and O–H groups in total. The van der Waals surface area contributed by atoms with Crippen molar-refractivity contribution in [1.29, 1.82) is 0 Å².